The maximum absolute atomic E-state index is 14.0. The third kappa shape index (κ3) is 9.41. The van der Waals surface area contributed by atoms with Crippen molar-refractivity contribution in [3.8, 4) is 12.3 Å². The summed E-state index contributed by atoms with van der Waals surface area (Å²) in [5.74, 6) is 1.67. The standard InChI is InChI=1S/C29H43N3O4/c1-10-14-21(6)30-26(33)25(23-17-15-22(13-4)16-18-23)32(19-11-2)27(34)24(20(5)12-3)31-28(35)36-29(7,8)9/h4,11,15-18,20-21,24-25H,2,10,12,14,19H2,1,3,5-9H3,(H,30,33)(H,31,35). The molecule has 3 amide bonds. The molecule has 1 aromatic rings. The van der Waals surface area contributed by atoms with E-state index < -0.39 is 23.8 Å². The van der Waals surface area contributed by atoms with Gasteiger partial charge in [0.25, 0.3) is 0 Å². The van der Waals surface area contributed by atoms with Gasteiger partial charge in [0.2, 0.25) is 11.8 Å². The minimum Gasteiger partial charge on any atom is -0.444 e. The average molecular weight is 498 g/mol. The molecule has 0 saturated carbocycles. The van der Waals surface area contributed by atoms with E-state index in [0.29, 0.717) is 17.5 Å². The molecule has 0 heterocycles. The first kappa shape index (κ1) is 30.8. The van der Waals surface area contributed by atoms with Crippen molar-refractivity contribution in [3.05, 3.63) is 48.0 Å². The van der Waals surface area contributed by atoms with Crippen molar-refractivity contribution in [2.45, 2.75) is 91.5 Å². The van der Waals surface area contributed by atoms with Gasteiger partial charge in [-0.2, -0.15) is 0 Å². The Balaban J connectivity index is 3.49. The molecule has 198 valence electrons. The fourth-order valence-electron chi connectivity index (χ4n) is 3.82. The summed E-state index contributed by atoms with van der Waals surface area (Å²) in [5, 5.41) is 5.78. The summed E-state index contributed by atoms with van der Waals surface area (Å²) in [6.07, 6.45) is 8.75. The van der Waals surface area contributed by atoms with Gasteiger partial charge in [0.05, 0.1) is 0 Å². The molecule has 1 aromatic carbocycles. The highest BCUT2D eigenvalue weighted by Crippen LogP contribution is 2.25. The van der Waals surface area contributed by atoms with Crippen LogP contribution in [0.3, 0.4) is 0 Å². The van der Waals surface area contributed by atoms with Gasteiger partial charge in [-0.15, -0.1) is 13.0 Å². The number of ether oxygens (including phenoxy) is 1. The molecule has 0 bridgehead atoms. The highest BCUT2D eigenvalue weighted by Gasteiger charge is 2.37. The van der Waals surface area contributed by atoms with Gasteiger partial charge in [0, 0.05) is 18.2 Å². The molecule has 4 atom stereocenters. The van der Waals surface area contributed by atoms with E-state index in [0.717, 1.165) is 12.8 Å². The van der Waals surface area contributed by atoms with E-state index in [1.54, 1.807) is 51.1 Å². The van der Waals surface area contributed by atoms with E-state index in [1.807, 2.05) is 27.7 Å². The number of terminal acetylenes is 1. The summed E-state index contributed by atoms with van der Waals surface area (Å²) in [7, 11) is 0. The van der Waals surface area contributed by atoms with Crippen molar-refractivity contribution in [3.63, 3.8) is 0 Å². The quantitative estimate of drug-likeness (QED) is 0.315. The van der Waals surface area contributed by atoms with E-state index >= 15 is 0 Å². The van der Waals surface area contributed by atoms with Crippen molar-refractivity contribution < 1.29 is 19.1 Å². The first-order valence-corrected chi connectivity index (χ1v) is 12.7. The number of hydrogen-bond donors (Lipinski definition) is 2. The fraction of sp³-hybridized carbons (Fsp3) is 0.552. The highest BCUT2D eigenvalue weighted by molar-refractivity contribution is 5.92. The van der Waals surface area contributed by atoms with E-state index in [4.69, 9.17) is 11.2 Å². The summed E-state index contributed by atoms with van der Waals surface area (Å²) in [6, 6.07) is 5.10. The predicted molar refractivity (Wildman–Crippen MR) is 144 cm³/mol. The normalized spacial score (nSPS) is 14.4. The molecule has 36 heavy (non-hydrogen) atoms. The second-order valence-corrected chi connectivity index (χ2v) is 10.2. The lowest BCUT2D eigenvalue weighted by Gasteiger charge is -2.36. The SMILES string of the molecule is C#Cc1ccc(C(C(=O)NC(C)CCC)N(CC=C)C(=O)C(NC(=O)OC(C)(C)C)C(C)CC)cc1. The molecule has 0 aliphatic carbocycles. The molecule has 2 N–H and O–H groups in total. The number of carbonyl (C=O) groups excluding carboxylic acids is 3. The summed E-state index contributed by atoms with van der Waals surface area (Å²) in [5.41, 5.74) is 0.568. The molecule has 0 fully saturated rings. The largest absolute Gasteiger partial charge is 0.444 e. The molecule has 7 heteroatoms. The maximum Gasteiger partial charge on any atom is 0.408 e. The van der Waals surface area contributed by atoms with Gasteiger partial charge >= 0.3 is 6.09 Å². The number of alkyl carbamates (subject to hydrolysis) is 1. The summed E-state index contributed by atoms with van der Waals surface area (Å²) >= 11 is 0. The van der Waals surface area contributed by atoms with Crippen LogP contribution >= 0.6 is 0 Å². The van der Waals surface area contributed by atoms with Crippen LogP contribution in [0.25, 0.3) is 0 Å². The number of nitrogens with zero attached hydrogens (tertiary/aromatic N) is 1. The Morgan fingerprint density at radius 2 is 1.75 bits per heavy atom. The van der Waals surface area contributed by atoms with Crippen LogP contribution in [0.5, 0.6) is 0 Å². The smallest absolute Gasteiger partial charge is 0.408 e. The molecule has 0 aliphatic rings. The Labute approximate surface area is 217 Å². The first-order chi connectivity index (χ1) is 16.9. The molecule has 4 unspecified atom stereocenters. The summed E-state index contributed by atoms with van der Waals surface area (Å²) in [6.45, 7) is 17.0. The van der Waals surface area contributed by atoms with Gasteiger partial charge in [0.1, 0.15) is 17.7 Å². The number of hydrogen-bond acceptors (Lipinski definition) is 4. The minimum absolute atomic E-state index is 0.0686. The van der Waals surface area contributed by atoms with Crippen molar-refractivity contribution in [2.75, 3.05) is 6.54 Å². The van der Waals surface area contributed by atoms with Gasteiger partial charge in [-0.1, -0.05) is 57.7 Å². The zero-order valence-electron chi connectivity index (χ0n) is 22.9. The Morgan fingerprint density at radius 3 is 2.22 bits per heavy atom. The topological polar surface area (TPSA) is 87.7 Å². The van der Waals surface area contributed by atoms with Crippen LogP contribution in [0.15, 0.2) is 36.9 Å². The van der Waals surface area contributed by atoms with Gasteiger partial charge in [0.15, 0.2) is 0 Å². The van der Waals surface area contributed by atoms with Crippen molar-refractivity contribution >= 4 is 17.9 Å². The average Bonchev–Trinajstić information content (AvgIpc) is 2.80. The lowest BCUT2D eigenvalue weighted by atomic mass is 9.95. The Bertz CT molecular complexity index is 927. The first-order valence-electron chi connectivity index (χ1n) is 12.7. The van der Waals surface area contributed by atoms with Crippen LogP contribution in [0.1, 0.15) is 84.9 Å². The van der Waals surface area contributed by atoms with E-state index in [9.17, 15) is 14.4 Å². The molecule has 7 nitrogen and oxygen atoms in total. The molecule has 0 aliphatic heterocycles. The number of nitrogens with one attached hydrogen (secondary N) is 2. The molecule has 0 radical (unpaired) electrons. The van der Waals surface area contributed by atoms with E-state index in [1.165, 1.54) is 4.90 Å². The molecule has 1 rings (SSSR count). The van der Waals surface area contributed by atoms with Crippen molar-refractivity contribution in [2.24, 2.45) is 5.92 Å². The van der Waals surface area contributed by atoms with Crippen LogP contribution in [-0.2, 0) is 14.3 Å². The minimum atomic E-state index is -0.936. The van der Waals surface area contributed by atoms with Gasteiger partial charge in [-0.25, -0.2) is 4.79 Å². The molecule has 0 saturated heterocycles. The van der Waals surface area contributed by atoms with Crippen molar-refractivity contribution in [1.82, 2.24) is 15.5 Å². The Morgan fingerprint density at radius 1 is 1.14 bits per heavy atom. The number of rotatable bonds is 12. The van der Waals surface area contributed by atoms with Crippen molar-refractivity contribution in [1.29, 1.82) is 0 Å². The van der Waals surface area contributed by atoms with Gasteiger partial charge in [-0.05, 0) is 57.7 Å². The van der Waals surface area contributed by atoms with Crippen LogP contribution in [0, 0.1) is 18.3 Å². The second kappa shape index (κ2) is 14.3. The maximum atomic E-state index is 14.0. The number of amides is 3. The Hall–Kier alpha value is -3.27. The summed E-state index contributed by atoms with van der Waals surface area (Å²) < 4.78 is 5.41. The molecule has 0 spiro atoms. The monoisotopic (exact) mass is 497 g/mol. The van der Waals surface area contributed by atoms with Crippen LogP contribution in [0.4, 0.5) is 4.79 Å². The molecule has 0 aromatic heterocycles. The van der Waals surface area contributed by atoms with E-state index in [-0.39, 0.29) is 30.3 Å². The van der Waals surface area contributed by atoms with E-state index in [2.05, 4.69) is 23.1 Å². The van der Waals surface area contributed by atoms with Crippen LogP contribution in [0.2, 0.25) is 0 Å². The zero-order valence-corrected chi connectivity index (χ0v) is 22.9. The third-order valence-corrected chi connectivity index (χ3v) is 5.82. The lowest BCUT2D eigenvalue weighted by Crippen LogP contribution is -2.55. The molecular weight excluding hydrogens is 454 g/mol. The van der Waals surface area contributed by atoms with Crippen LogP contribution < -0.4 is 10.6 Å². The predicted octanol–water partition coefficient (Wildman–Crippen LogP) is 4.97. The number of benzene rings is 1. The molecular formula is C29H43N3O4. The fourth-order valence-corrected chi connectivity index (χ4v) is 3.82. The highest BCUT2D eigenvalue weighted by atomic mass is 16.6. The van der Waals surface area contributed by atoms with Gasteiger partial charge in [-0.3, -0.25) is 9.59 Å². The second-order valence-electron chi connectivity index (χ2n) is 10.2. The van der Waals surface area contributed by atoms with Crippen LogP contribution in [-0.4, -0.2) is 47.0 Å². The summed E-state index contributed by atoms with van der Waals surface area (Å²) in [4.78, 5) is 41.6. The number of carbonyl (C=O) groups is 3. The third-order valence-electron chi connectivity index (χ3n) is 5.82. The lowest BCUT2D eigenvalue weighted by molar-refractivity contribution is -0.143. The Kier molecular flexibility index (Phi) is 12.2. The van der Waals surface area contributed by atoms with Gasteiger partial charge < -0.3 is 20.3 Å². The zero-order chi connectivity index (χ0) is 27.5.